The summed E-state index contributed by atoms with van der Waals surface area (Å²) in [6, 6.07) is 11.3. The van der Waals surface area contributed by atoms with Crippen LogP contribution in [0.4, 0.5) is 13.2 Å². The number of carbonyl (C=O) groups excluding carboxylic acids is 1. The van der Waals surface area contributed by atoms with E-state index in [9.17, 15) is 18.0 Å². The average Bonchev–Trinajstić information content (AvgIpc) is 3.35. The monoisotopic (exact) mass is 553 g/mol. The third-order valence-electron chi connectivity index (χ3n) is 8.52. The average molecular weight is 554 g/mol. The highest BCUT2D eigenvalue weighted by atomic mass is 19.4. The maximum absolute atomic E-state index is 13.8. The van der Waals surface area contributed by atoms with Crippen LogP contribution in [-0.2, 0) is 11.0 Å². The fraction of sp³-hybridized carbons (Fsp3) is 0.484. The topological polar surface area (TPSA) is 44.6 Å². The summed E-state index contributed by atoms with van der Waals surface area (Å²) in [6.45, 7) is 12.3. The first-order chi connectivity index (χ1) is 19.2. The van der Waals surface area contributed by atoms with Crippen LogP contribution in [0.2, 0.25) is 0 Å². The predicted octanol–water partition coefficient (Wildman–Crippen LogP) is 5.81. The van der Waals surface area contributed by atoms with Crippen molar-refractivity contribution in [2.75, 3.05) is 52.9 Å². The molecule has 0 spiro atoms. The molecule has 2 saturated heterocycles. The lowest BCUT2D eigenvalue weighted by Gasteiger charge is -2.34. The molecule has 0 saturated carbocycles. The zero-order valence-corrected chi connectivity index (χ0v) is 23.3. The van der Waals surface area contributed by atoms with Gasteiger partial charge in [0.25, 0.3) is 0 Å². The Hall–Kier alpha value is -3.17. The molecule has 2 fully saturated rings. The Kier molecular flexibility index (Phi) is 8.33. The molecule has 214 valence electrons. The van der Waals surface area contributed by atoms with Gasteiger partial charge in [0.05, 0.1) is 17.1 Å². The Balaban J connectivity index is 1.48. The van der Waals surface area contributed by atoms with Gasteiger partial charge in [0, 0.05) is 62.8 Å². The number of aromatic nitrogens is 2. The van der Waals surface area contributed by atoms with Crippen molar-refractivity contribution in [2.24, 2.45) is 0 Å². The number of carbonyl (C=O) groups is 1. The maximum atomic E-state index is 13.8. The van der Waals surface area contributed by atoms with Gasteiger partial charge in [-0.15, -0.1) is 0 Å². The van der Waals surface area contributed by atoms with Crippen molar-refractivity contribution in [2.45, 2.75) is 44.3 Å². The van der Waals surface area contributed by atoms with Crippen molar-refractivity contribution >= 4 is 16.8 Å². The molecule has 3 aromatic rings. The Labute approximate surface area is 234 Å². The molecular formula is C31H38F3N5O. The lowest BCUT2D eigenvalue weighted by molar-refractivity contribution is -0.137. The number of benzene rings is 2. The first-order valence-electron chi connectivity index (χ1n) is 14.2. The number of amides is 1. The highest BCUT2D eigenvalue weighted by Gasteiger charge is 2.34. The highest BCUT2D eigenvalue weighted by Crippen LogP contribution is 2.40. The summed E-state index contributed by atoms with van der Waals surface area (Å²) in [4.78, 5) is 18.8. The molecule has 0 bridgehead atoms. The van der Waals surface area contributed by atoms with Gasteiger partial charge in [-0.05, 0) is 62.6 Å². The lowest BCUT2D eigenvalue weighted by Crippen LogP contribution is -2.45. The second-order valence-corrected chi connectivity index (χ2v) is 11.2. The second-order valence-electron chi connectivity index (χ2n) is 11.2. The van der Waals surface area contributed by atoms with Gasteiger partial charge in [-0.3, -0.25) is 9.48 Å². The molecule has 2 aliphatic heterocycles. The molecule has 1 amide bonds. The van der Waals surface area contributed by atoms with Crippen LogP contribution in [0.3, 0.4) is 0 Å². The van der Waals surface area contributed by atoms with Crippen molar-refractivity contribution in [1.82, 2.24) is 24.5 Å². The third kappa shape index (κ3) is 5.95. The van der Waals surface area contributed by atoms with Gasteiger partial charge in [0.15, 0.2) is 0 Å². The van der Waals surface area contributed by atoms with E-state index in [4.69, 9.17) is 5.10 Å². The first kappa shape index (κ1) is 28.4. The van der Waals surface area contributed by atoms with Gasteiger partial charge in [0.1, 0.15) is 0 Å². The van der Waals surface area contributed by atoms with Gasteiger partial charge in [0.2, 0.25) is 5.91 Å². The Morgan fingerprint density at radius 1 is 1.07 bits per heavy atom. The van der Waals surface area contributed by atoms with Crippen LogP contribution in [0.5, 0.6) is 0 Å². The number of likely N-dealkylation sites (tertiary alicyclic amines) is 1. The first-order valence-corrected chi connectivity index (χ1v) is 14.2. The number of fused-ring (bicyclic) bond motifs is 1. The molecule has 5 rings (SSSR count). The van der Waals surface area contributed by atoms with Crippen LogP contribution in [0.15, 0.2) is 55.1 Å². The maximum Gasteiger partial charge on any atom is 0.417 e. The number of alkyl halides is 3. The standard InChI is InChI=1S/C31H38F3N5O/c1-4-29(40)38-15-12-23(13-16-38)30-26-10-9-24(25-7-5-6-8-27(25)31(32,33)34)21-28(26)35-39(30)22(2)11-14-37-19-17-36(3)18-20-37/h4-10,21-23H,1,11-20H2,2-3H3. The number of nitrogens with zero attached hydrogens (tertiary/aromatic N) is 5. The van der Waals surface area contributed by atoms with Crippen LogP contribution in [0, 0.1) is 0 Å². The van der Waals surface area contributed by atoms with E-state index in [-0.39, 0.29) is 23.4 Å². The van der Waals surface area contributed by atoms with E-state index in [0.29, 0.717) is 24.2 Å². The summed E-state index contributed by atoms with van der Waals surface area (Å²) in [5.74, 6) is 0.156. The Bertz CT molecular complexity index is 1350. The predicted molar refractivity (Wildman–Crippen MR) is 152 cm³/mol. The van der Waals surface area contributed by atoms with Crippen LogP contribution in [0.1, 0.15) is 49.4 Å². The summed E-state index contributed by atoms with van der Waals surface area (Å²) >= 11 is 0. The fourth-order valence-electron chi connectivity index (χ4n) is 6.08. The summed E-state index contributed by atoms with van der Waals surface area (Å²) in [5, 5.41) is 6.00. The van der Waals surface area contributed by atoms with Gasteiger partial charge in [-0.1, -0.05) is 36.9 Å². The minimum Gasteiger partial charge on any atom is -0.339 e. The van der Waals surface area contributed by atoms with Crippen LogP contribution in [-0.4, -0.2) is 83.2 Å². The van der Waals surface area contributed by atoms with E-state index in [0.717, 1.165) is 69.1 Å². The lowest BCUT2D eigenvalue weighted by atomic mass is 9.90. The molecule has 3 heterocycles. The molecule has 40 heavy (non-hydrogen) atoms. The summed E-state index contributed by atoms with van der Waals surface area (Å²) in [5.41, 5.74) is 1.86. The Morgan fingerprint density at radius 3 is 2.45 bits per heavy atom. The van der Waals surface area contributed by atoms with Crippen molar-refractivity contribution < 1.29 is 18.0 Å². The van der Waals surface area contributed by atoms with Gasteiger partial charge < -0.3 is 14.7 Å². The summed E-state index contributed by atoms with van der Waals surface area (Å²) in [7, 11) is 2.15. The van der Waals surface area contributed by atoms with E-state index >= 15 is 0 Å². The normalized spacial score (nSPS) is 18.8. The van der Waals surface area contributed by atoms with Crippen molar-refractivity contribution in [3.8, 4) is 11.1 Å². The fourth-order valence-corrected chi connectivity index (χ4v) is 6.08. The van der Waals surface area contributed by atoms with E-state index in [1.807, 2.05) is 11.0 Å². The molecule has 1 atom stereocenters. The number of hydrogen-bond donors (Lipinski definition) is 0. The highest BCUT2D eigenvalue weighted by molar-refractivity contribution is 5.88. The Morgan fingerprint density at radius 2 is 1.77 bits per heavy atom. The van der Waals surface area contributed by atoms with E-state index < -0.39 is 11.7 Å². The number of halogens is 3. The number of hydrogen-bond acceptors (Lipinski definition) is 4. The van der Waals surface area contributed by atoms with Crippen LogP contribution < -0.4 is 0 Å². The van der Waals surface area contributed by atoms with Crippen molar-refractivity contribution in [3.63, 3.8) is 0 Å². The second kappa shape index (κ2) is 11.7. The quantitative estimate of drug-likeness (QED) is 0.347. The molecule has 0 aliphatic carbocycles. The number of likely N-dealkylation sites (N-methyl/N-ethyl adjacent to an activating group) is 1. The van der Waals surface area contributed by atoms with Gasteiger partial charge >= 0.3 is 6.18 Å². The van der Waals surface area contributed by atoms with Crippen LogP contribution >= 0.6 is 0 Å². The van der Waals surface area contributed by atoms with Crippen molar-refractivity contribution in [1.29, 1.82) is 0 Å². The summed E-state index contributed by atoms with van der Waals surface area (Å²) in [6.07, 6.45) is -0.526. The molecule has 0 N–H and O–H groups in total. The molecule has 1 aromatic heterocycles. The van der Waals surface area contributed by atoms with E-state index in [1.54, 1.807) is 18.2 Å². The van der Waals surface area contributed by atoms with Crippen LogP contribution in [0.25, 0.3) is 22.0 Å². The van der Waals surface area contributed by atoms with Crippen molar-refractivity contribution in [3.05, 3.63) is 66.4 Å². The zero-order chi connectivity index (χ0) is 28.4. The van der Waals surface area contributed by atoms with Gasteiger partial charge in [-0.2, -0.15) is 18.3 Å². The van der Waals surface area contributed by atoms with Gasteiger partial charge in [-0.25, -0.2) is 0 Å². The molecular weight excluding hydrogens is 515 g/mol. The zero-order valence-electron chi connectivity index (χ0n) is 23.3. The molecule has 1 unspecified atom stereocenters. The number of piperazine rings is 1. The number of piperidine rings is 1. The largest absolute Gasteiger partial charge is 0.417 e. The van der Waals surface area contributed by atoms with E-state index in [2.05, 4.69) is 35.0 Å². The smallest absolute Gasteiger partial charge is 0.339 e. The third-order valence-corrected chi connectivity index (χ3v) is 8.52. The summed E-state index contributed by atoms with van der Waals surface area (Å²) < 4.78 is 43.5. The molecule has 2 aromatic carbocycles. The minimum absolute atomic E-state index is 0.0506. The molecule has 9 heteroatoms. The minimum atomic E-state index is -4.44. The molecule has 2 aliphatic rings. The molecule has 0 radical (unpaired) electrons. The molecule has 6 nitrogen and oxygen atoms in total. The van der Waals surface area contributed by atoms with E-state index in [1.165, 1.54) is 18.2 Å². The number of rotatable bonds is 7. The SMILES string of the molecule is C=CC(=O)N1CCC(c2c3ccc(-c4ccccc4C(F)(F)F)cc3nn2C(C)CCN2CCN(C)CC2)CC1.